The standard InChI is InChI=1S/C27H47N3O9SSi2/c1-17-15-30(24(33)29-22(17)32)23-21(38-42(10,11)26(5,6)7)27(19(37-23)16-36-41(8,9)25(2,3)4)20(28)18(13-12-14-31)40(34,35)39-27/h12-13,15,19,21,23,31H,14,16,28H2,1-11H3,(H,29,32,33)/b13-12+/t19-,21+,23-,27?/m1/s1. The summed E-state index contributed by atoms with van der Waals surface area (Å²) < 4.78 is 54.1. The molecule has 1 saturated heterocycles. The van der Waals surface area contributed by atoms with E-state index in [9.17, 15) is 23.1 Å². The second-order valence-electron chi connectivity index (χ2n) is 14.1. The molecule has 1 unspecified atom stereocenters. The van der Waals surface area contributed by atoms with Crippen molar-refractivity contribution in [3.05, 3.63) is 55.4 Å². The van der Waals surface area contributed by atoms with Gasteiger partial charge in [0.05, 0.1) is 18.9 Å². The van der Waals surface area contributed by atoms with Crippen LogP contribution in [0.5, 0.6) is 0 Å². The van der Waals surface area contributed by atoms with Gasteiger partial charge < -0.3 is 24.4 Å². The van der Waals surface area contributed by atoms with Gasteiger partial charge in [-0.15, -0.1) is 0 Å². The number of aromatic amines is 1. The van der Waals surface area contributed by atoms with E-state index in [0.29, 0.717) is 0 Å². The second-order valence-corrected chi connectivity index (χ2v) is 25.1. The van der Waals surface area contributed by atoms with Gasteiger partial charge in [0.25, 0.3) is 15.7 Å². The molecule has 1 aromatic rings. The highest BCUT2D eigenvalue weighted by Crippen LogP contribution is 2.53. The van der Waals surface area contributed by atoms with Crippen molar-refractivity contribution < 1.29 is 31.3 Å². The molecule has 0 bridgehead atoms. The molecule has 2 aliphatic rings. The number of hydrogen-bond donors (Lipinski definition) is 3. The van der Waals surface area contributed by atoms with Crippen molar-refractivity contribution in [1.29, 1.82) is 0 Å². The van der Waals surface area contributed by atoms with E-state index >= 15 is 0 Å². The number of nitrogens with zero attached hydrogens (tertiary/aromatic N) is 1. The first kappa shape index (κ1) is 34.6. The molecule has 3 heterocycles. The van der Waals surface area contributed by atoms with Gasteiger partial charge in [-0.3, -0.25) is 14.3 Å². The fourth-order valence-corrected chi connectivity index (χ4v) is 8.10. The molecule has 4 atom stereocenters. The van der Waals surface area contributed by atoms with Crippen molar-refractivity contribution in [2.45, 2.75) is 109 Å². The lowest BCUT2D eigenvalue weighted by Crippen LogP contribution is -2.59. The summed E-state index contributed by atoms with van der Waals surface area (Å²) in [6, 6.07) is 0. The summed E-state index contributed by atoms with van der Waals surface area (Å²) in [5.74, 6) is 0. The SMILES string of the molecule is Cc1cn([C@@H]2O[C@H](CO[Si](C)(C)C(C)(C)C)C3(OS(=O)(=O)C(/C=C/CO)=C3N)[C@H]2O[Si](C)(C)C(C)(C)C)c(=O)[nH]c1=O. The Morgan fingerprint density at radius 1 is 1.12 bits per heavy atom. The molecule has 1 fully saturated rings. The molecule has 15 heteroatoms. The second kappa shape index (κ2) is 11.3. The molecule has 0 saturated carbocycles. The monoisotopic (exact) mass is 645 g/mol. The number of nitrogens with two attached hydrogens (primary N) is 1. The maximum Gasteiger partial charge on any atom is 0.330 e. The average Bonchev–Trinajstić information content (AvgIpc) is 3.21. The Kier molecular flexibility index (Phi) is 9.28. The smallest absolute Gasteiger partial charge is 0.330 e. The highest BCUT2D eigenvalue weighted by atomic mass is 32.2. The molecule has 42 heavy (non-hydrogen) atoms. The van der Waals surface area contributed by atoms with Crippen LogP contribution in [0.2, 0.25) is 36.3 Å². The Balaban J connectivity index is 2.36. The van der Waals surface area contributed by atoms with Gasteiger partial charge in [0.2, 0.25) is 0 Å². The molecule has 4 N–H and O–H groups in total. The van der Waals surface area contributed by atoms with Gasteiger partial charge in [-0.05, 0) is 49.3 Å². The van der Waals surface area contributed by atoms with Crippen LogP contribution in [0, 0.1) is 6.92 Å². The number of allylic oxidation sites excluding steroid dienone is 1. The van der Waals surface area contributed by atoms with Crippen LogP contribution >= 0.6 is 0 Å². The van der Waals surface area contributed by atoms with Gasteiger partial charge in [-0.25, -0.2) is 8.98 Å². The number of aliphatic hydroxyl groups excluding tert-OH is 1. The van der Waals surface area contributed by atoms with Crippen LogP contribution in [-0.4, -0.2) is 70.7 Å². The van der Waals surface area contributed by atoms with Crippen molar-refractivity contribution >= 4 is 26.8 Å². The summed E-state index contributed by atoms with van der Waals surface area (Å²) in [4.78, 5) is 27.4. The minimum atomic E-state index is -4.45. The number of ether oxygens (including phenoxy) is 1. The van der Waals surface area contributed by atoms with E-state index in [1.54, 1.807) is 6.92 Å². The lowest BCUT2D eigenvalue weighted by atomic mass is 9.88. The minimum Gasteiger partial charge on any atom is -0.414 e. The van der Waals surface area contributed by atoms with Gasteiger partial charge in [0.15, 0.2) is 28.5 Å². The summed E-state index contributed by atoms with van der Waals surface area (Å²) in [6.07, 6.45) is 0.206. The molecule has 0 aromatic carbocycles. The Hall–Kier alpha value is -1.86. The van der Waals surface area contributed by atoms with Crippen LogP contribution in [0.1, 0.15) is 53.3 Å². The van der Waals surface area contributed by atoms with E-state index in [0.717, 1.165) is 0 Å². The number of aryl methyl sites for hydroxylation is 1. The van der Waals surface area contributed by atoms with Crippen LogP contribution in [0.4, 0.5) is 0 Å². The zero-order valence-corrected chi connectivity index (χ0v) is 29.3. The zero-order valence-electron chi connectivity index (χ0n) is 26.5. The first-order valence-corrected chi connectivity index (χ1v) is 21.2. The zero-order chi connectivity index (χ0) is 32.3. The van der Waals surface area contributed by atoms with Crippen LogP contribution in [-0.2, 0) is 27.9 Å². The third-order valence-corrected chi connectivity index (χ3v) is 19.4. The number of aliphatic hydroxyl groups is 1. The highest BCUT2D eigenvalue weighted by molar-refractivity contribution is 7.91. The Labute approximate surface area is 250 Å². The molecule has 0 radical (unpaired) electrons. The number of nitrogens with one attached hydrogen (secondary N) is 1. The van der Waals surface area contributed by atoms with Gasteiger partial charge in [0.1, 0.15) is 17.1 Å². The number of H-pyrrole nitrogens is 1. The lowest BCUT2D eigenvalue weighted by Gasteiger charge is -2.43. The van der Waals surface area contributed by atoms with Gasteiger partial charge >= 0.3 is 5.69 Å². The van der Waals surface area contributed by atoms with E-state index in [-0.39, 0.29) is 32.8 Å². The molecule has 1 aromatic heterocycles. The Bertz CT molecular complexity index is 1480. The van der Waals surface area contributed by atoms with Gasteiger partial charge in [0, 0.05) is 11.8 Å². The van der Waals surface area contributed by atoms with Crippen molar-refractivity contribution in [3.63, 3.8) is 0 Å². The van der Waals surface area contributed by atoms with Crippen LogP contribution in [0.15, 0.2) is 38.5 Å². The fraction of sp³-hybridized carbons (Fsp3) is 0.704. The van der Waals surface area contributed by atoms with Crippen LogP contribution in [0.25, 0.3) is 0 Å². The maximum absolute atomic E-state index is 13.5. The van der Waals surface area contributed by atoms with Crippen molar-refractivity contribution in [2.75, 3.05) is 13.2 Å². The molecular formula is C27H47N3O9SSi2. The van der Waals surface area contributed by atoms with Crippen molar-refractivity contribution in [3.8, 4) is 0 Å². The number of aromatic nitrogens is 2. The van der Waals surface area contributed by atoms with E-state index < -0.39 is 68.6 Å². The summed E-state index contributed by atoms with van der Waals surface area (Å²) in [7, 11) is -9.58. The van der Waals surface area contributed by atoms with E-state index in [2.05, 4.69) is 25.8 Å². The molecule has 2 aliphatic heterocycles. The quantitative estimate of drug-likeness (QED) is 0.282. The number of hydrogen-bond acceptors (Lipinski definition) is 10. The summed E-state index contributed by atoms with van der Waals surface area (Å²) in [6.45, 7) is 21.3. The average molecular weight is 646 g/mol. The fourth-order valence-electron chi connectivity index (χ4n) is 4.39. The van der Waals surface area contributed by atoms with Crippen LogP contribution < -0.4 is 17.0 Å². The Morgan fingerprint density at radius 2 is 1.69 bits per heavy atom. The molecular weight excluding hydrogens is 599 g/mol. The topological polar surface area (TPSA) is 172 Å². The minimum absolute atomic E-state index is 0.103. The summed E-state index contributed by atoms with van der Waals surface area (Å²) in [5.41, 5.74) is 3.55. The Morgan fingerprint density at radius 3 is 2.21 bits per heavy atom. The first-order valence-electron chi connectivity index (χ1n) is 14.0. The van der Waals surface area contributed by atoms with Crippen molar-refractivity contribution in [1.82, 2.24) is 9.55 Å². The summed E-state index contributed by atoms with van der Waals surface area (Å²) >= 11 is 0. The highest BCUT2D eigenvalue weighted by Gasteiger charge is 2.68. The third kappa shape index (κ3) is 6.07. The molecule has 238 valence electrons. The van der Waals surface area contributed by atoms with E-state index in [1.165, 1.54) is 22.9 Å². The van der Waals surface area contributed by atoms with Gasteiger partial charge in [-0.1, -0.05) is 47.6 Å². The first-order chi connectivity index (χ1) is 18.9. The number of rotatable bonds is 8. The predicted molar refractivity (Wildman–Crippen MR) is 165 cm³/mol. The largest absolute Gasteiger partial charge is 0.414 e. The molecule has 0 amide bonds. The lowest BCUT2D eigenvalue weighted by molar-refractivity contribution is -0.0563. The molecule has 12 nitrogen and oxygen atoms in total. The third-order valence-electron chi connectivity index (χ3n) is 9.09. The maximum atomic E-state index is 13.5. The molecule has 3 rings (SSSR count). The van der Waals surface area contributed by atoms with Crippen molar-refractivity contribution in [2.24, 2.45) is 5.73 Å². The van der Waals surface area contributed by atoms with Gasteiger partial charge in [-0.2, -0.15) is 8.42 Å². The normalized spacial score (nSPS) is 27.1. The molecule has 1 spiro atoms. The van der Waals surface area contributed by atoms with E-state index in [4.69, 9.17) is 23.5 Å². The molecule has 0 aliphatic carbocycles. The van der Waals surface area contributed by atoms with E-state index in [1.807, 2.05) is 47.0 Å². The van der Waals surface area contributed by atoms with Crippen LogP contribution in [0.3, 0.4) is 0 Å². The summed E-state index contributed by atoms with van der Waals surface area (Å²) in [5, 5.41) is 8.88. The predicted octanol–water partition coefficient (Wildman–Crippen LogP) is 2.97.